The Kier molecular flexibility index (Phi) is 5.79. The van der Waals surface area contributed by atoms with Crippen molar-refractivity contribution in [3.8, 4) is 5.75 Å². The Bertz CT molecular complexity index is 538. The van der Waals surface area contributed by atoms with Gasteiger partial charge in [-0.05, 0) is 35.5 Å². The molecule has 0 amide bonds. The van der Waals surface area contributed by atoms with E-state index in [9.17, 15) is 0 Å². The first-order valence-corrected chi connectivity index (χ1v) is 9.79. The Hall–Kier alpha value is -1.63. The summed E-state index contributed by atoms with van der Waals surface area (Å²) in [6.45, 7) is 2.78. The van der Waals surface area contributed by atoms with Gasteiger partial charge in [0.2, 0.25) is 0 Å². The van der Waals surface area contributed by atoms with Crippen LogP contribution in [0.3, 0.4) is 0 Å². The van der Waals surface area contributed by atoms with Crippen LogP contribution in [0.5, 0.6) is 5.75 Å². The van der Waals surface area contributed by atoms with Gasteiger partial charge in [-0.1, -0.05) is 48.5 Å². The van der Waals surface area contributed by atoms with Crippen LogP contribution in [0.15, 0.2) is 60.7 Å². The van der Waals surface area contributed by atoms with E-state index in [1.54, 1.807) is 0 Å². The summed E-state index contributed by atoms with van der Waals surface area (Å²) in [5, 5.41) is 1.33. The van der Waals surface area contributed by atoms with Crippen LogP contribution < -0.4 is 9.92 Å². The molecule has 1 atom stereocenters. The van der Waals surface area contributed by atoms with Gasteiger partial charge in [0.25, 0.3) is 0 Å². The van der Waals surface area contributed by atoms with E-state index in [1.807, 2.05) is 36.4 Å². The van der Waals surface area contributed by atoms with Gasteiger partial charge in [-0.25, -0.2) is 0 Å². The van der Waals surface area contributed by atoms with E-state index in [2.05, 4.69) is 36.9 Å². The van der Waals surface area contributed by atoms with Crippen molar-refractivity contribution in [2.75, 3.05) is 6.61 Å². The highest BCUT2D eigenvalue weighted by Gasteiger charge is 2.04. The minimum atomic E-state index is -1.14. The lowest BCUT2D eigenvalue weighted by atomic mass is 10.2. The van der Waals surface area contributed by atoms with E-state index in [0.29, 0.717) is 6.61 Å². The molecule has 0 aliphatic carbocycles. The number of hydrogen-bond acceptors (Lipinski definition) is 2. The molecule has 0 aliphatic heterocycles. The summed E-state index contributed by atoms with van der Waals surface area (Å²) in [6, 6.07) is 18.5. The molecule has 20 heavy (non-hydrogen) atoms. The first-order chi connectivity index (χ1) is 9.79. The normalized spacial score (nSPS) is 12.7. The second-order valence-corrected chi connectivity index (χ2v) is 8.41. The van der Waals surface area contributed by atoms with Crippen LogP contribution in [0, 0.1) is 0 Å². The van der Waals surface area contributed by atoms with Crippen LogP contribution >= 0.6 is 0 Å². The lowest BCUT2D eigenvalue weighted by Crippen LogP contribution is -2.28. The largest absolute Gasteiger partial charge is 0.490 e. The average molecular weight is 301 g/mol. The van der Waals surface area contributed by atoms with Gasteiger partial charge < -0.3 is 8.85 Å². The first-order valence-electron chi connectivity index (χ1n) is 6.77. The molecule has 4 heteroatoms. The molecule has 104 valence electrons. The Balaban J connectivity index is 1.84. The Morgan fingerprint density at radius 1 is 1.05 bits per heavy atom. The van der Waals surface area contributed by atoms with E-state index in [4.69, 9.17) is 8.85 Å². The van der Waals surface area contributed by atoms with Crippen LogP contribution in [0.1, 0.15) is 5.56 Å². The Labute approximate surface area is 125 Å². The van der Waals surface area contributed by atoms with Crippen LogP contribution in [0.2, 0.25) is 6.55 Å². The number of benzene rings is 2. The van der Waals surface area contributed by atoms with Crippen molar-refractivity contribution in [3.63, 3.8) is 0 Å². The molecule has 2 aromatic rings. The fraction of sp³-hybridized carbons (Fsp3) is 0.125. The van der Waals surface area contributed by atoms with Crippen LogP contribution in [0.4, 0.5) is 0 Å². The average Bonchev–Trinajstić information content (AvgIpc) is 2.52. The van der Waals surface area contributed by atoms with E-state index < -0.39 is 9.04 Å². The highest BCUT2D eigenvalue weighted by Crippen LogP contribution is 2.08. The molecule has 0 aromatic heterocycles. The Morgan fingerprint density at radius 2 is 1.75 bits per heavy atom. The molecule has 0 aliphatic rings. The highest BCUT2D eigenvalue weighted by molar-refractivity contribution is 6.68. The third-order valence-electron chi connectivity index (χ3n) is 3.16. The van der Waals surface area contributed by atoms with Crippen molar-refractivity contribution < 1.29 is 8.85 Å². The van der Waals surface area contributed by atoms with Crippen molar-refractivity contribution in [1.29, 1.82) is 0 Å². The van der Waals surface area contributed by atoms with Crippen molar-refractivity contribution >= 4 is 30.8 Å². The van der Waals surface area contributed by atoms with Crippen molar-refractivity contribution in [2.24, 2.45) is 0 Å². The summed E-state index contributed by atoms with van der Waals surface area (Å²) < 4.78 is 11.2. The topological polar surface area (TPSA) is 18.5 Å². The molecule has 0 fully saturated rings. The molecule has 0 heterocycles. The van der Waals surface area contributed by atoms with Gasteiger partial charge in [0, 0.05) is 0 Å². The maximum Gasteiger partial charge on any atom is 0.191 e. The molecule has 2 aromatic carbocycles. The summed E-state index contributed by atoms with van der Waals surface area (Å²) in [5.41, 5.74) is 1.19. The summed E-state index contributed by atoms with van der Waals surface area (Å²) >= 11 is 0. The van der Waals surface area contributed by atoms with Crippen LogP contribution in [-0.4, -0.2) is 26.1 Å². The van der Waals surface area contributed by atoms with Gasteiger partial charge in [0.1, 0.15) is 22.8 Å². The predicted octanol–water partition coefficient (Wildman–Crippen LogP) is 1.64. The fourth-order valence-corrected chi connectivity index (χ4v) is 3.69. The number of rotatable bonds is 6. The number of ether oxygens (including phenoxy) is 1. The molecule has 0 radical (unpaired) electrons. The zero-order valence-corrected chi connectivity index (χ0v) is 15.1. The van der Waals surface area contributed by atoms with Crippen molar-refractivity contribution in [3.05, 3.63) is 66.2 Å². The van der Waals surface area contributed by atoms with Gasteiger partial charge in [0.15, 0.2) is 9.04 Å². The quantitative estimate of drug-likeness (QED) is 0.755. The summed E-state index contributed by atoms with van der Waals surface area (Å²) in [5.74, 6) is 0.904. The minimum Gasteiger partial charge on any atom is -0.490 e. The van der Waals surface area contributed by atoms with Crippen LogP contribution in [-0.2, 0) is 4.12 Å². The third-order valence-corrected chi connectivity index (χ3v) is 7.31. The van der Waals surface area contributed by atoms with E-state index in [1.165, 1.54) is 10.8 Å². The fourth-order valence-electron chi connectivity index (χ4n) is 1.86. The maximum absolute atomic E-state index is 5.69. The molecular weight excluding hydrogens is 280 g/mol. The molecule has 0 spiro atoms. The van der Waals surface area contributed by atoms with Crippen molar-refractivity contribution in [2.45, 2.75) is 6.55 Å². The van der Waals surface area contributed by atoms with Gasteiger partial charge in [-0.2, -0.15) is 0 Å². The molecule has 2 nitrogen and oxygen atoms in total. The smallest absolute Gasteiger partial charge is 0.191 e. The zero-order valence-electron chi connectivity index (χ0n) is 12.0. The van der Waals surface area contributed by atoms with Gasteiger partial charge in [-0.3, -0.25) is 0 Å². The summed E-state index contributed by atoms with van der Waals surface area (Å²) in [4.78, 5) is 0. The predicted molar refractivity (Wildman–Crippen MR) is 91.1 cm³/mol. The van der Waals surface area contributed by atoms with E-state index in [-0.39, 0.29) is 0 Å². The first kappa shape index (κ1) is 14.8. The lowest BCUT2D eigenvalue weighted by molar-refractivity contribution is 0.363. The van der Waals surface area contributed by atoms with E-state index >= 15 is 0 Å². The second kappa shape index (κ2) is 7.84. The molecular formula is C16H20O2Si2. The zero-order chi connectivity index (χ0) is 14.2. The molecule has 0 saturated carbocycles. The highest BCUT2D eigenvalue weighted by atomic mass is 28.3. The third kappa shape index (κ3) is 4.49. The lowest BCUT2D eigenvalue weighted by Gasteiger charge is -2.09. The van der Waals surface area contributed by atoms with E-state index in [0.717, 1.165) is 16.2 Å². The molecule has 0 N–H and O–H groups in total. The molecule has 1 unspecified atom stereocenters. The maximum atomic E-state index is 5.69. The molecule has 2 rings (SSSR count). The minimum absolute atomic E-state index is 0.582. The monoisotopic (exact) mass is 300 g/mol. The standard InChI is InChI=1S/C16H20O2Si2/c1-20(18-19)16-11-9-15(10-12-16)17-13-5-8-14-6-3-2-4-7-14/h2-12,20H,13H2,1,19H3. The SMILES string of the molecule is C[SiH](O[SiH3])c1ccc(OCC=Cc2ccccc2)cc1. The number of hydrogen-bond donors (Lipinski definition) is 0. The van der Waals surface area contributed by atoms with Gasteiger partial charge >= 0.3 is 0 Å². The van der Waals surface area contributed by atoms with Crippen molar-refractivity contribution in [1.82, 2.24) is 0 Å². The van der Waals surface area contributed by atoms with Gasteiger partial charge in [0.05, 0.1) is 0 Å². The molecule has 0 saturated heterocycles. The van der Waals surface area contributed by atoms with Crippen LogP contribution in [0.25, 0.3) is 6.08 Å². The second-order valence-electron chi connectivity index (χ2n) is 4.57. The summed E-state index contributed by atoms with van der Waals surface area (Å²) in [6.07, 6.45) is 4.10. The molecule has 0 bridgehead atoms. The summed E-state index contributed by atoms with van der Waals surface area (Å²) in [7, 11) is -0.325. The van der Waals surface area contributed by atoms with Gasteiger partial charge in [-0.15, -0.1) is 0 Å². The Morgan fingerprint density at radius 3 is 2.40 bits per heavy atom.